The zero-order chi connectivity index (χ0) is 27.5. The number of hydrogen-bond donors (Lipinski definition) is 4. The van der Waals surface area contributed by atoms with Crippen LogP contribution in [-0.2, 0) is 16.4 Å². The molecule has 0 bridgehead atoms. The number of sulfonamides is 1. The van der Waals surface area contributed by atoms with Crippen molar-refractivity contribution in [2.45, 2.75) is 50.3 Å². The summed E-state index contributed by atoms with van der Waals surface area (Å²) in [6, 6.07) is 1.90. The SMILES string of the molecule is CN1CCN(CCCCc2coc([C@H](Nc3nsnc3Nc3csc(S(N)(=O)=O)c3O)C(C)(C)C)c2)CC1. The molecule has 210 valence electrons. The Hall–Kier alpha value is -2.23. The van der Waals surface area contributed by atoms with Gasteiger partial charge in [0.15, 0.2) is 21.6 Å². The number of hydrogen-bond acceptors (Lipinski definition) is 12. The summed E-state index contributed by atoms with van der Waals surface area (Å²) in [7, 11) is -1.85. The lowest BCUT2D eigenvalue weighted by Gasteiger charge is -2.32. The van der Waals surface area contributed by atoms with Gasteiger partial charge in [-0.1, -0.05) is 20.8 Å². The van der Waals surface area contributed by atoms with E-state index in [1.54, 1.807) is 0 Å². The van der Waals surface area contributed by atoms with E-state index in [0.717, 1.165) is 80.8 Å². The van der Waals surface area contributed by atoms with Gasteiger partial charge in [-0.05, 0) is 49.9 Å². The average Bonchev–Trinajstić information content (AvgIpc) is 3.56. The van der Waals surface area contributed by atoms with Crippen molar-refractivity contribution < 1.29 is 17.9 Å². The molecule has 0 amide bonds. The fourth-order valence-corrected chi connectivity index (χ4v) is 6.53. The molecule has 14 heteroatoms. The third kappa shape index (κ3) is 7.24. The van der Waals surface area contributed by atoms with Gasteiger partial charge in [0.1, 0.15) is 5.76 Å². The van der Waals surface area contributed by atoms with Gasteiger partial charge in [-0.25, -0.2) is 13.6 Å². The van der Waals surface area contributed by atoms with Gasteiger partial charge in [-0.15, -0.1) is 11.3 Å². The first kappa shape index (κ1) is 28.8. The normalized spacial score (nSPS) is 16.6. The highest BCUT2D eigenvalue weighted by Crippen LogP contribution is 2.41. The third-order valence-corrected chi connectivity index (χ3v) is 9.61. The molecule has 1 atom stereocenters. The van der Waals surface area contributed by atoms with Gasteiger partial charge in [0.05, 0.1) is 29.7 Å². The molecule has 0 saturated carbocycles. The van der Waals surface area contributed by atoms with Crippen LogP contribution in [0.5, 0.6) is 5.75 Å². The number of aromatic nitrogens is 2. The van der Waals surface area contributed by atoms with Crippen molar-refractivity contribution in [1.82, 2.24) is 18.5 Å². The Labute approximate surface area is 232 Å². The Kier molecular flexibility index (Phi) is 9.00. The predicted molar refractivity (Wildman–Crippen MR) is 152 cm³/mol. The van der Waals surface area contributed by atoms with E-state index in [2.05, 4.69) is 63.1 Å². The van der Waals surface area contributed by atoms with Crippen LogP contribution in [0, 0.1) is 5.41 Å². The minimum atomic E-state index is -4.03. The van der Waals surface area contributed by atoms with E-state index in [4.69, 9.17) is 9.56 Å². The summed E-state index contributed by atoms with van der Waals surface area (Å²) in [5, 5.41) is 23.4. The summed E-state index contributed by atoms with van der Waals surface area (Å²) in [4.78, 5) is 4.92. The smallest absolute Gasteiger partial charge is 0.251 e. The quantitative estimate of drug-likeness (QED) is 0.243. The van der Waals surface area contributed by atoms with E-state index >= 15 is 0 Å². The number of unbranched alkanes of at least 4 members (excludes halogenated alkanes) is 1. The molecule has 3 aromatic rings. The maximum absolute atomic E-state index is 11.7. The second-order valence-electron chi connectivity index (χ2n) is 10.8. The average molecular weight is 584 g/mol. The van der Waals surface area contributed by atoms with Crippen molar-refractivity contribution in [2.24, 2.45) is 10.6 Å². The fourth-order valence-electron chi connectivity index (χ4n) is 4.38. The molecule has 1 aliphatic heterocycles. The van der Waals surface area contributed by atoms with Gasteiger partial charge in [0.2, 0.25) is 0 Å². The van der Waals surface area contributed by atoms with Crippen LogP contribution in [0.2, 0.25) is 0 Å². The van der Waals surface area contributed by atoms with Gasteiger partial charge < -0.3 is 30.0 Å². The molecule has 0 unspecified atom stereocenters. The largest absolute Gasteiger partial charge is 0.504 e. The number of thiophene rings is 1. The minimum Gasteiger partial charge on any atom is -0.504 e. The number of rotatable bonds is 11. The van der Waals surface area contributed by atoms with Gasteiger partial charge in [-0.2, -0.15) is 8.75 Å². The van der Waals surface area contributed by atoms with Crippen LogP contribution < -0.4 is 15.8 Å². The maximum atomic E-state index is 11.7. The Morgan fingerprint density at radius 3 is 2.55 bits per heavy atom. The molecule has 38 heavy (non-hydrogen) atoms. The molecule has 11 nitrogen and oxygen atoms in total. The van der Waals surface area contributed by atoms with E-state index in [0.29, 0.717) is 11.6 Å². The molecule has 0 spiro atoms. The Morgan fingerprint density at radius 1 is 1.18 bits per heavy atom. The molecule has 0 aromatic carbocycles. The Bertz CT molecular complexity index is 1300. The summed E-state index contributed by atoms with van der Waals surface area (Å²) in [6.07, 6.45) is 5.06. The van der Waals surface area contributed by atoms with E-state index in [9.17, 15) is 13.5 Å². The van der Waals surface area contributed by atoms with Crippen LogP contribution in [0.15, 0.2) is 26.3 Å². The topological polar surface area (TPSA) is 150 Å². The predicted octanol–water partition coefficient (Wildman–Crippen LogP) is 4.06. The lowest BCUT2D eigenvalue weighted by atomic mass is 9.85. The zero-order valence-corrected chi connectivity index (χ0v) is 24.7. The number of piperazine rings is 1. The van der Waals surface area contributed by atoms with Gasteiger partial charge in [0.25, 0.3) is 10.0 Å². The lowest BCUT2D eigenvalue weighted by Crippen LogP contribution is -2.44. The summed E-state index contributed by atoms with van der Waals surface area (Å²) in [6.45, 7) is 12.0. The van der Waals surface area contributed by atoms with Crippen molar-refractivity contribution in [2.75, 3.05) is 50.4 Å². The summed E-state index contributed by atoms with van der Waals surface area (Å²) < 4.78 is 37.7. The van der Waals surface area contributed by atoms with Gasteiger partial charge in [-0.3, -0.25) is 0 Å². The number of aromatic hydroxyl groups is 1. The Morgan fingerprint density at radius 2 is 1.89 bits per heavy atom. The fraction of sp³-hybridized carbons (Fsp3) is 0.583. The zero-order valence-electron chi connectivity index (χ0n) is 22.2. The highest BCUT2D eigenvalue weighted by Gasteiger charge is 2.31. The molecule has 1 saturated heterocycles. The number of nitrogens with zero attached hydrogens (tertiary/aromatic N) is 4. The van der Waals surface area contributed by atoms with Crippen molar-refractivity contribution in [3.05, 3.63) is 29.0 Å². The second kappa shape index (κ2) is 11.9. The molecule has 1 aliphatic rings. The number of primary sulfonamides is 1. The first-order chi connectivity index (χ1) is 17.9. The second-order valence-corrected chi connectivity index (χ2v) is 14.0. The molecule has 0 aliphatic carbocycles. The number of nitrogens with one attached hydrogen (secondary N) is 2. The number of aryl methyl sites for hydroxylation is 1. The molecule has 0 radical (unpaired) electrons. The molecule has 4 rings (SSSR count). The van der Waals surface area contributed by atoms with Gasteiger partial charge in [0, 0.05) is 31.6 Å². The van der Waals surface area contributed by atoms with Crippen molar-refractivity contribution in [3.8, 4) is 5.75 Å². The van der Waals surface area contributed by atoms with E-state index < -0.39 is 15.8 Å². The maximum Gasteiger partial charge on any atom is 0.251 e. The van der Waals surface area contributed by atoms with Crippen molar-refractivity contribution in [1.29, 1.82) is 0 Å². The highest BCUT2D eigenvalue weighted by atomic mass is 32.2. The molecular weight excluding hydrogens is 547 g/mol. The summed E-state index contributed by atoms with van der Waals surface area (Å²) in [5.41, 5.74) is 1.14. The van der Waals surface area contributed by atoms with Crippen LogP contribution in [0.3, 0.4) is 0 Å². The minimum absolute atomic E-state index is 0.193. The van der Waals surface area contributed by atoms with Crippen LogP contribution in [0.1, 0.15) is 51.0 Å². The lowest BCUT2D eigenvalue weighted by molar-refractivity contribution is 0.152. The molecular formula is C24H37N7O4S3. The highest BCUT2D eigenvalue weighted by molar-refractivity contribution is 7.91. The van der Waals surface area contributed by atoms with E-state index in [1.807, 2.05) is 6.26 Å². The monoisotopic (exact) mass is 583 g/mol. The standard InChI is InChI=1S/C24H37N7O4S3/c1-24(2,3)20(18-13-16(14-35-18)7-5-6-8-31-11-9-30(4)10-12-31)27-22-21(28-37-29-22)26-17-15-36-23(19(17)32)38(25,33)34/h13-15,20,32H,5-12H2,1-4H3,(H,26,28)(H,27,29)(H2,25,33,34)/t20-/m0/s1. The van der Waals surface area contributed by atoms with Gasteiger partial charge >= 0.3 is 0 Å². The van der Waals surface area contributed by atoms with Crippen LogP contribution in [-0.4, -0.2) is 71.8 Å². The molecule has 1 fully saturated rings. The van der Waals surface area contributed by atoms with E-state index in [-0.39, 0.29) is 21.4 Å². The number of anilines is 3. The first-order valence-electron chi connectivity index (χ1n) is 12.6. The summed E-state index contributed by atoms with van der Waals surface area (Å²) in [5.74, 6) is 1.21. The third-order valence-electron chi connectivity index (χ3n) is 6.62. The van der Waals surface area contributed by atoms with E-state index in [1.165, 1.54) is 10.9 Å². The molecule has 3 aromatic heterocycles. The molecule has 5 N–H and O–H groups in total. The van der Waals surface area contributed by atoms with Crippen molar-refractivity contribution in [3.63, 3.8) is 0 Å². The number of furan rings is 1. The van der Waals surface area contributed by atoms with Crippen molar-refractivity contribution >= 4 is 50.4 Å². The number of likely N-dealkylation sites (N-methyl/N-ethyl adjacent to an activating group) is 1. The first-order valence-corrected chi connectivity index (χ1v) is 15.7. The summed E-state index contributed by atoms with van der Waals surface area (Å²) >= 11 is 1.83. The Balaban J connectivity index is 1.39. The van der Waals surface area contributed by atoms with Crippen LogP contribution in [0.4, 0.5) is 17.3 Å². The number of nitrogens with two attached hydrogens (primary N) is 1. The van der Waals surface area contributed by atoms with Crippen LogP contribution in [0.25, 0.3) is 0 Å². The molecule has 4 heterocycles. The van der Waals surface area contributed by atoms with Crippen LogP contribution >= 0.6 is 23.1 Å².